The van der Waals surface area contributed by atoms with Gasteiger partial charge in [-0.2, -0.15) is 15.6 Å². The van der Waals surface area contributed by atoms with Gasteiger partial charge in [0.05, 0.1) is 29.1 Å². The average molecular weight is 473 g/mol. The van der Waals surface area contributed by atoms with E-state index in [1.807, 2.05) is 11.0 Å². The number of aromatic nitrogens is 4. The number of halogens is 2. The Morgan fingerprint density at radius 3 is 2.52 bits per heavy atom. The molecular weight excluding hydrogens is 450 g/mol. The van der Waals surface area contributed by atoms with E-state index in [2.05, 4.69) is 20.3 Å². The molecule has 8 nitrogen and oxygen atoms in total. The van der Waals surface area contributed by atoms with Gasteiger partial charge < -0.3 is 9.88 Å². The van der Waals surface area contributed by atoms with Crippen LogP contribution in [-0.4, -0.2) is 58.1 Å². The van der Waals surface area contributed by atoms with E-state index in [0.29, 0.717) is 30.4 Å². The number of anilines is 2. The fourth-order valence-corrected chi connectivity index (χ4v) is 5.08. The van der Waals surface area contributed by atoms with Crippen molar-refractivity contribution in [2.24, 2.45) is 0 Å². The normalized spacial score (nSPS) is 17.2. The molecule has 4 aromatic rings. The fraction of sp³-hybridized carbons (Fsp3) is 0.227. The van der Waals surface area contributed by atoms with Crippen LogP contribution >= 0.6 is 10.6 Å². The van der Waals surface area contributed by atoms with Gasteiger partial charge in [-0.1, -0.05) is 0 Å². The SMILES string of the molecule is OS1(O)CCN(Cc2c(F)cc(-n3ccc4cnc(Nc5cccnc5)nc43)cc2F)CC1. The van der Waals surface area contributed by atoms with E-state index in [9.17, 15) is 17.9 Å². The second kappa shape index (κ2) is 8.67. The van der Waals surface area contributed by atoms with E-state index in [1.54, 1.807) is 41.5 Å². The van der Waals surface area contributed by atoms with E-state index >= 15 is 0 Å². The molecule has 172 valence electrons. The van der Waals surface area contributed by atoms with Crippen molar-refractivity contribution in [3.63, 3.8) is 0 Å². The Morgan fingerprint density at radius 1 is 1.06 bits per heavy atom. The zero-order valence-electron chi connectivity index (χ0n) is 17.5. The number of nitrogens with one attached hydrogen (secondary N) is 1. The van der Waals surface area contributed by atoms with Crippen LogP contribution in [-0.2, 0) is 6.54 Å². The molecule has 1 aliphatic rings. The summed E-state index contributed by atoms with van der Waals surface area (Å²) < 4.78 is 51.0. The summed E-state index contributed by atoms with van der Waals surface area (Å²) >= 11 is 0. The molecular formula is C22H22F2N6O2S. The highest BCUT2D eigenvalue weighted by molar-refractivity contribution is 8.24. The summed E-state index contributed by atoms with van der Waals surface area (Å²) in [6.07, 6.45) is 6.63. The number of hydrogen-bond donors (Lipinski definition) is 3. The predicted octanol–water partition coefficient (Wildman–Crippen LogP) is 4.40. The van der Waals surface area contributed by atoms with Crippen LogP contribution < -0.4 is 5.32 Å². The number of hydrogen-bond acceptors (Lipinski definition) is 7. The summed E-state index contributed by atoms with van der Waals surface area (Å²) in [5.41, 5.74) is 1.49. The van der Waals surface area contributed by atoms with Crippen LogP contribution in [0.15, 0.2) is 55.1 Å². The topological polar surface area (TPSA) is 99.3 Å². The number of rotatable bonds is 5. The Kier molecular flexibility index (Phi) is 5.71. The highest BCUT2D eigenvalue weighted by atomic mass is 32.3. The van der Waals surface area contributed by atoms with Crippen molar-refractivity contribution in [1.29, 1.82) is 0 Å². The number of nitrogens with zero attached hydrogens (tertiary/aromatic N) is 5. The lowest BCUT2D eigenvalue weighted by atomic mass is 10.1. The van der Waals surface area contributed by atoms with Crippen LogP contribution in [0.3, 0.4) is 0 Å². The molecule has 0 spiro atoms. The van der Waals surface area contributed by atoms with Crippen LogP contribution in [0.5, 0.6) is 0 Å². The van der Waals surface area contributed by atoms with E-state index in [0.717, 1.165) is 11.1 Å². The van der Waals surface area contributed by atoms with Gasteiger partial charge in [-0.3, -0.25) is 19.0 Å². The lowest BCUT2D eigenvalue weighted by Gasteiger charge is -2.41. The monoisotopic (exact) mass is 472 g/mol. The minimum Gasteiger partial charge on any atom is -0.323 e. The molecule has 1 aromatic carbocycles. The molecule has 0 amide bonds. The van der Waals surface area contributed by atoms with Gasteiger partial charge in [0.2, 0.25) is 5.95 Å². The molecule has 0 saturated carbocycles. The Morgan fingerprint density at radius 2 is 1.82 bits per heavy atom. The van der Waals surface area contributed by atoms with Crippen LogP contribution in [0, 0.1) is 11.6 Å². The van der Waals surface area contributed by atoms with Gasteiger partial charge in [0.1, 0.15) is 17.3 Å². The molecule has 0 bridgehead atoms. The molecule has 3 N–H and O–H groups in total. The first-order valence-corrected chi connectivity index (χ1v) is 12.2. The van der Waals surface area contributed by atoms with Gasteiger partial charge in [0.25, 0.3) is 0 Å². The maximum absolute atomic E-state index is 15.0. The van der Waals surface area contributed by atoms with Crippen LogP contribution in [0.25, 0.3) is 16.7 Å². The van der Waals surface area contributed by atoms with Crippen LogP contribution in [0.1, 0.15) is 5.56 Å². The second-order valence-corrected chi connectivity index (χ2v) is 10.3. The smallest absolute Gasteiger partial charge is 0.229 e. The van der Waals surface area contributed by atoms with Crippen molar-refractivity contribution in [3.8, 4) is 5.69 Å². The summed E-state index contributed by atoms with van der Waals surface area (Å²) in [6.45, 7) is 0.838. The second-order valence-electron chi connectivity index (χ2n) is 7.90. The van der Waals surface area contributed by atoms with Gasteiger partial charge in [0.15, 0.2) is 0 Å². The third-order valence-corrected chi connectivity index (χ3v) is 7.27. The Labute approximate surface area is 190 Å². The zero-order valence-corrected chi connectivity index (χ0v) is 18.3. The highest BCUT2D eigenvalue weighted by Gasteiger charge is 2.24. The molecule has 0 atom stereocenters. The first kappa shape index (κ1) is 21.7. The molecule has 0 unspecified atom stereocenters. The first-order valence-electron chi connectivity index (χ1n) is 10.3. The van der Waals surface area contributed by atoms with Crippen molar-refractivity contribution in [3.05, 3.63) is 72.3 Å². The Hall–Kier alpha value is -3.12. The van der Waals surface area contributed by atoms with Crippen LogP contribution in [0.4, 0.5) is 20.4 Å². The lowest BCUT2D eigenvalue weighted by Crippen LogP contribution is -2.38. The third kappa shape index (κ3) is 4.67. The predicted molar refractivity (Wildman–Crippen MR) is 124 cm³/mol. The van der Waals surface area contributed by atoms with Gasteiger partial charge in [-0.05, 0) is 30.3 Å². The Bertz CT molecular complexity index is 1270. The zero-order chi connectivity index (χ0) is 23.0. The number of benzene rings is 1. The standard InChI is InChI=1S/C22H22F2N6O2S/c23-19-10-17(11-20(24)18(19)14-29-6-8-33(31,32)9-7-29)30-5-3-15-12-26-22(28-21(15)30)27-16-2-1-4-25-13-16/h1-5,10-13,31-32H,6-9,14H2,(H,26,27,28). The molecule has 33 heavy (non-hydrogen) atoms. The number of pyridine rings is 1. The van der Waals surface area contributed by atoms with E-state index in [-0.39, 0.29) is 23.6 Å². The summed E-state index contributed by atoms with van der Waals surface area (Å²) in [6, 6.07) is 7.95. The molecule has 1 fully saturated rings. The van der Waals surface area contributed by atoms with Crippen molar-refractivity contribution in [2.45, 2.75) is 6.54 Å². The molecule has 0 radical (unpaired) electrons. The first-order chi connectivity index (χ1) is 15.9. The quantitative estimate of drug-likeness (QED) is 0.396. The number of fused-ring (bicyclic) bond motifs is 1. The van der Waals surface area contributed by atoms with Crippen LogP contribution in [0.2, 0.25) is 0 Å². The molecule has 5 rings (SSSR count). The van der Waals surface area contributed by atoms with Gasteiger partial charge in [-0.25, -0.2) is 13.8 Å². The highest BCUT2D eigenvalue weighted by Crippen LogP contribution is 2.40. The average Bonchev–Trinajstić information content (AvgIpc) is 3.21. The molecule has 1 aliphatic heterocycles. The summed E-state index contributed by atoms with van der Waals surface area (Å²) in [5, 5.41) is 3.79. The molecule has 0 aliphatic carbocycles. The summed E-state index contributed by atoms with van der Waals surface area (Å²) in [7, 11) is -2.56. The maximum Gasteiger partial charge on any atom is 0.229 e. The van der Waals surface area contributed by atoms with E-state index < -0.39 is 22.2 Å². The van der Waals surface area contributed by atoms with Crippen molar-refractivity contribution in [1.82, 2.24) is 24.4 Å². The fourth-order valence-electron chi connectivity index (χ4n) is 3.78. The minimum absolute atomic E-state index is 0.0397. The van der Waals surface area contributed by atoms with Gasteiger partial charge in [0, 0.05) is 49.2 Å². The largest absolute Gasteiger partial charge is 0.323 e. The summed E-state index contributed by atoms with van der Waals surface area (Å²) in [4.78, 5) is 14.7. The minimum atomic E-state index is -2.56. The van der Waals surface area contributed by atoms with Gasteiger partial charge in [-0.15, -0.1) is 0 Å². The third-order valence-electron chi connectivity index (χ3n) is 5.60. The molecule has 3 aromatic heterocycles. The van der Waals surface area contributed by atoms with Crippen molar-refractivity contribution >= 4 is 33.3 Å². The lowest BCUT2D eigenvalue weighted by molar-refractivity contribution is 0.270. The van der Waals surface area contributed by atoms with Crippen molar-refractivity contribution in [2.75, 3.05) is 29.9 Å². The van der Waals surface area contributed by atoms with Crippen molar-refractivity contribution < 1.29 is 17.9 Å². The Balaban J connectivity index is 1.42. The molecule has 4 heterocycles. The van der Waals surface area contributed by atoms with E-state index in [1.165, 1.54) is 12.1 Å². The maximum atomic E-state index is 15.0. The molecule has 1 saturated heterocycles. The summed E-state index contributed by atoms with van der Waals surface area (Å²) in [5.74, 6) is -0.542. The van der Waals surface area contributed by atoms with E-state index in [4.69, 9.17) is 0 Å². The molecule has 11 heteroatoms. The van der Waals surface area contributed by atoms with Gasteiger partial charge >= 0.3 is 0 Å².